The lowest BCUT2D eigenvalue weighted by Gasteiger charge is -2.31. The van der Waals surface area contributed by atoms with Gasteiger partial charge in [-0.15, -0.1) is 0 Å². The lowest BCUT2D eigenvalue weighted by atomic mass is 10.2. The maximum Gasteiger partial charge on any atom is 0.138 e. The van der Waals surface area contributed by atoms with Gasteiger partial charge < -0.3 is 15.2 Å². The lowest BCUT2D eigenvalue weighted by molar-refractivity contribution is -0.0463. The van der Waals surface area contributed by atoms with E-state index in [0.717, 1.165) is 26.2 Å². The van der Waals surface area contributed by atoms with Crippen LogP contribution in [0.5, 0.6) is 5.75 Å². The zero-order chi connectivity index (χ0) is 14.5. The summed E-state index contributed by atoms with van der Waals surface area (Å²) >= 11 is 6.12. The van der Waals surface area contributed by atoms with Crippen molar-refractivity contribution in [3.05, 3.63) is 28.8 Å². The topological polar surface area (TPSA) is 71.6 Å². The summed E-state index contributed by atoms with van der Waals surface area (Å²) in [6, 6.07) is 5.10. The molecule has 0 amide bonds. The highest BCUT2D eigenvalue weighted by atomic mass is 35.5. The minimum atomic E-state index is -0.00680. The number of halogens is 1. The molecule has 1 aliphatic heterocycles. The third-order valence-electron chi connectivity index (χ3n) is 3.34. The molecule has 1 aromatic rings. The Labute approximate surface area is 124 Å². The number of hydrogen-bond donors (Lipinski definition) is 2. The number of nitrogen functional groups attached to an aromatic ring is 1. The summed E-state index contributed by atoms with van der Waals surface area (Å²) in [5, 5.41) is 7.82. The van der Waals surface area contributed by atoms with Crippen LogP contribution in [0.25, 0.3) is 0 Å². The van der Waals surface area contributed by atoms with Crippen LogP contribution in [0.3, 0.4) is 0 Å². The average Bonchev–Trinajstić information content (AvgIpc) is 2.46. The summed E-state index contributed by atoms with van der Waals surface area (Å²) in [5.74, 6) is 0.585. The van der Waals surface area contributed by atoms with Gasteiger partial charge in [0, 0.05) is 18.7 Å². The van der Waals surface area contributed by atoms with Gasteiger partial charge in [0.2, 0.25) is 0 Å². The van der Waals surface area contributed by atoms with E-state index in [1.807, 2.05) is 0 Å². The second-order valence-corrected chi connectivity index (χ2v) is 5.16. The van der Waals surface area contributed by atoms with E-state index in [1.54, 1.807) is 18.2 Å². The highest BCUT2D eigenvalue weighted by molar-refractivity contribution is 6.32. The fourth-order valence-electron chi connectivity index (χ4n) is 2.14. The molecule has 0 aliphatic carbocycles. The Bertz CT molecular complexity index is 481. The zero-order valence-corrected chi connectivity index (χ0v) is 12.3. The minimum Gasteiger partial charge on any atom is -0.489 e. The molecule has 20 heavy (non-hydrogen) atoms. The quantitative estimate of drug-likeness (QED) is 0.641. The molecule has 1 unspecified atom stereocenters. The van der Waals surface area contributed by atoms with E-state index in [2.05, 4.69) is 11.8 Å². The molecule has 1 saturated heterocycles. The summed E-state index contributed by atoms with van der Waals surface area (Å²) in [6.07, 6.45) is 0.0623. The van der Waals surface area contributed by atoms with Crippen molar-refractivity contribution in [3.63, 3.8) is 0 Å². The monoisotopic (exact) mass is 297 g/mol. The van der Waals surface area contributed by atoms with Crippen molar-refractivity contribution in [2.45, 2.75) is 13.0 Å². The van der Waals surface area contributed by atoms with E-state index in [4.69, 9.17) is 32.2 Å². The van der Waals surface area contributed by atoms with Crippen LogP contribution in [-0.2, 0) is 4.74 Å². The van der Waals surface area contributed by atoms with Gasteiger partial charge in [0.15, 0.2) is 0 Å². The maximum absolute atomic E-state index is 7.36. The standard InChI is InChI=1S/C14H20ClN3O2/c1-2-18-5-6-19-11(8-18)9-20-13-4-3-10(14(16)17)7-12(13)15/h3-4,7,11H,2,5-6,8-9H2,1H3,(H3,16,17). The van der Waals surface area contributed by atoms with Crippen LogP contribution in [0, 0.1) is 5.41 Å². The highest BCUT2D eigenvalue weighted by Gasteiger charge is 2.20. The first-order valence-electron chi connectivity index (χ1n) is 6.71. The largest absolute Gasteiger partial charge is 0.489 e. The molecule has 2 rings (SSSR count). The first-order chi connectivity index (χ1) is 9.60. The molecule has 0 aromatic heterocycles. The molecule has 0 radical (unpaired) electrons. The predicted octanol–water partition coefficient (Wildman–Crippen LogP) is 1.72. The number of morpholine rings is 1. The zero-order valence-electron chi connectivity index (χ0n) is 11.6. The van der Waals surface area contributed by atoms with Crippen molar-refractivity contribution in [2.24, 2.45) is 5.73 Å². The van der Waals surface area contributed by atoms with Gasteiger partial charge in [-0.2, -0.15) is 0 Å². The van der Waals surface area contributed by atoms with E-state index < -0.39 is 0 Å². The molecule has 6 heteroatoms. The van der Waals surface area contributed by atoms with Crippen LogP contribution in [0.2, 0.25) is 5.02 Å². The molecule has 0 spiro atoms. The van der Waals surface area contributed by atoms with Crippen molar-refractivity contribution in [1.82, 2.24) is 4.90 Å². The van der Waals surface area contributed by atoms with Gasteiger partial charge in [-0.25, -0.2) is 0 Å². The Morgan fingerprint density at radius 2 is 2.40 bits per heavy atom. The van der Waals surface area contributed by atoms with Crippen LogP contribution in [0.4, 0.5) is 0 Å². The number of nitrogens with two attached hydrogens (primary N) is 1. The Balaban J connectivity index is 1.92. The fourth-order valence-corrected chi connectivity index (χ4v) is 2.37. The van der Waals surface area contributed by atoms with E-state index in [-0.39, 0.29) is 11.9 Å². The van der Waals surface area contributed by atoms with Gasteiger partial charge in [0.1, 0.15) is 24.3 Å². The molecule has 0 bridgehead atoms. The van der Waals surface area contributed by atoms with Gasteiger partial charge >= 0.3 is 0 Å². The van der Waals surface area contributed by atoms with E-state index in [9.17, 15) is 0 Å². The number of nitrogens with zero attached hydrogens (tertiary/aromatic N) is 1. The summed E-state index contributed by atoms with van der Waals surface area (Å²) in [4.78, 5) is 2.33. The summed E-state index contributed by atoms with van der Waals surface area (Å²) < 4.78 is 11.4. The number of ether oxygens (including phenoxy) is 2. The number of benzene rings is 1. The van der Waals surface area contributed by atoms with Crippen molar-refractivity contribution in [2.75, 3.05) is 32.8 Å². The first-order valence-corrected chi connectivity index (χ1v) is 7.08. The van der Waals surface area contributed by atoms with Gasteiger partial charge in [-0.1, -0.05) is 18.5 Å². The van der Waals surface area contributed by atoms with Crippen molar-refractivity contribution < 1.29 is 9.47 Å². The van der Waals surface area contributed by atoms with E-state index in [1.165, 1.54) is 0 Å². The summed E-state index contributed by atoms with van der Waals surface area (Å²) in [5.41, 5.74) is 6.00. The molecule has 1 fully saturated rings. The normalized spacial score (nSPS) is 19.8. The van der Waals surface area contributed by atoms with Crippen LogP contribution < -0.4 is 10.5 Å². The predicted molar refractivity (Wildman–Crippen MR) is 79.8 cm³/mol. The lowest BCUT2D eigenvalue weighted by Crippen LogP contribution is -2.44. The average molecular weight is 298 g/mol. The molecule has 1 aromatic carbocycles. The molecule has 0 saturated carbocycles. The van der Waals surface area contributed by atoms with E-state index in [0.29, 0.717) is 22.9 Å². The number of amidine groups is 1. The molecular weight excluding hydrogens is 278 g/mol. The van der Waals surface area contributed by atoms with Gasteiger partial charge in [-0.05, 0) is 24.7 Å². The van der Waals surface area contributed by atoms with Crippen molar-refractivity contribution in [1.29, 1.82) is 5.41 Å². The number of likely N-dealkylation sites (N-methyl/N-ethyl adjacent to an activating group) is 1. The van der Waals surface area contributed by atoms with Crippen LogP contribution >= 0.6 is 11.6 Å². The number of rotatable bonds is 5. The smallest absolute Gasteiger partial charge is 0.138 e. The molecule has 5 nitrogen and oxygen atoms in total. The van der Waals surface area contributed by atoms with Crippen LogP contribution in [0.15, 0.2) is 18.2 Å². The fraction of sp³-hybridized carbons (Fsp3) is 0.500. The van der Waals surface area contributed by atoms with Crippen molar-refractivity contribution >= 4 is 17.4 Å². The molecular formula is C14H20ClN3O2. The Kier molecular flexibility index (Phi) is 5.23. The molecule has 1 atom stereocenters. The third-order valence-corrected chi connectivity index (χ3v) is 3.63. The second kappa shape index (κ2) is 6.92. The second-order valence-electron chi connectivity index (χ2n) is 4.76. The summed E-state index contributed by atoms with van der Waals surface area (Å²) in [6.45, 7) is 6.21. The Hall–Kier alpha value is -1.30. The number of hydrogen-bond acceptors (Lipinski definition) is 4. The number of nitrogens with one attached hydrogen (secondary N) is 1. The molecule has 3 N–H and O–H groups in total. The first kappa shape index (κ1) is 15.1. The Morgan fingerprint density at radius 1 is 1.60 bits per heavy atom. The van der Waals surface area contributed by atoms with Gasteiger partial charge in [-0.3, -0.25) is 10.3 Å². The van der Waals surface area contributed by atoms with Crippen LogP contribution in [-0.4, -0.2) is 49.7 Å². The third kappa shape index (κ3) is 3.85. The maximum atomic E-state index is 7.36. The SMILES string of the molecule is CCN1CCOC(COc2ccc(C(=N)N)cc2Cl)C1. The van der Waals surface area contributed by atoms with Crippen molar-refractivity contribution in [3.8, 4) is 5.75 Å². The molecule has 110 valence electrons. The van der Waals surface area contributed by atoms with Crippen LogP contribution in [0.1, 0.15) is 12.5 Å². The minimum absolute atomic E-state index is 0.00680. The Morgan fingerprint density at radius 3 is 3.05 bits per heavy atom. The molecule has 1 heterocycles. The van der Waals surface area contributed by atoms with Gasteiger partial charge in [0.05, 0.1) is 11.6 Å². The highest BCUT2D eigenvalue weighted by Crippen LogP contribution is 2.25. The molecule has 1 aliphatic rings. The van der Waals surface area contributed by atoms with Gasteiger partial charge in [0.25, 0.3) is 0 Å². The van der Waals surface area contributed by atoms with E-state index >= 15 is 0 Å². The summed E-state index contributed by atoms with van der Waals surface area (Å²) in [7, 11) is 0.